The molecule has 0 heterocycles. The van der Waals surface area contributed by atoms with E-state index in [2.05, 4.69) is 42.2 Å². The molecule has 0 atom stereocenters. The molecule has 0 aliphatic heterocycles. The summed E-state index contributed by atoms with van der Waals surface area (Å²) in [5.41, 5.74) is 0.442. The lowest BCUT2D eigenvalue weighted by molar-refractivity contribution is 0.629. The summed E-state index contributed by atoms with van der Waals surface area (Å²) in [5.74, 6) is -0.874. The minimum Gasteiger partial charge on any atom is -0.344 e. The van der Waals surface area contributed by atoms with Crippen LogP contribution in [0.1, 0.15) is 0 Å². The highest BCUT2D eigenvalue weighted by Crippen LogP contribution is 2.22. The van der Waals surface area contributed by atoms with Gasteiger partial charge in [0.1, 0.15) is 17.3 Å². The summed E-state index contributed by atoms with van der Waals surface area (Å²) in [7, 11) is 0. The Labute approximate surface area is 125 Å². The van der Waals surface area contributed by atoms with E-state index in [9.17, 15) is 8.78 Å². The third kappa shape index (κ3) is 3.84. The first-order valence-electron chi connectivity index (χ1n) is 5.25. The van der Waals surface area contributed by atoms with Crippen LogP contribution >= 0.6 is 31.9 Å². The van der Waals surface area contributed by atoms with E-state index in [0.29, 0.717) is 8.95 Å². The lowest BCUT2D eigenvalue weighted by Crippen LogP contribution is -1.97. The fourth-order valence-corrected chi connectivity index (χ4v) is 2.03. The van der Waals surface area contributed by atoms with Crippen molar-refractivity contribution in [1.82, 2.24) is 0 Å². The second-order valence-corrected chi connectivity index (χ2v) is 5.45. The topological polar surface area (TPSA) is 24.4 Å². The van der Waals surface area contributed by atoms with Crippen LogP contribution < -0.4 is 5.32 Å². The third-order valence-corrected chi connectivity index (χ3v) is 3.25. The van der Waals surface area contributed by atoms with Crippen molar-refractivity contribution in [3.05, 3.63) is 57.0 Å². The average Bonchev–Trinajstić information content (AvgIpc) is 2.34. The Kier molecular flexibility index (Phi) is 4.66. The summed E-state index contributed by atoms with van der Waals surface area (Å²) in [6.45, 7) is 0. The molecule has 2 rings (SSSR count). The molecule has 0 saturated carbocycles. The molecule has 0 fully saturated rings. The molecule has 0 unspecified atom stereocenters. The number of nitrogens with zero attached hydrogens (tertiary/aromatic N) is 1. The number of hydrogen-bond acceptors (Lipinski definition) is 1. The second kappa shape index (κ2) is 6.25. The fraction of sp³-hybridized carbons (Fsp3) is 0. The first kappa shape index (κ1) is 14.1. The summed E-state index contributed by atoms with van der Waals surface area (Å²) >= 11 is 6.32. The van der Waals surface area contributed by atoms with Crippen molar-refractivity contribution >= 4 is 49.6 Å². The number of anilines is 1. The maximum absolute atomic E-state index is 13.5. The zero-order chi connectivity index (χ0) is 13.8. The van der Waals surface area contributed by atoms with Gasteiger partial charge in [0.05, 0.1) is 12.0 Å². The first-order chi connectivity index (χ1) is 9.06. The number of nitrogens with one attached hydrogen (secondary N) is 1. The van der Waals surface area contributed by atoms with E-state index >= 15 is 0 Å². The van der Waals surface area contributed by atoms with Crippen LogP contribution in [0.15, 0.2) is 50.3 Å². The van der Waals surface area contributed by atoms with Crippen molar-refractivity contribution in [3.8, 4) is 0 Å². The van der Waals surface area contributed by atoms with Crippen LogP contribution in [-0.2, 0) is 0 Å². The number of hydrogen-bond donors (Lipinski definition) is 1. The average molecular weight is 390 g/mol. The number of halogens is 4. The third-order valence-electron chi connectivity index (χ3n) is 2.26. The van der Waals surface area contributed by atoms with Gasteiger partial charge in [0.15, 0.2) is 0 Å². The number of rotatable bonds is 3. The van der Waals surface area contributed by atoms with Gasteiger partial charge < -0.3 is 5.32 Å². The molecule has 0 amide bonds. The first-order valence-corrected chi connectivity index (χ1v) is 6.84. The molecular weight excluding hydrogens is 382 g/mol. The molecule has 0 spiro atoms. The minimum absolute atomic E-state index is 0.174. The molecule has 98 valence electrons. The smallest absolute Gasteiger partial charge is 0.149 e. The van der Waals surface area contributed by atoms with E-state index in [0.717, 1.165) is 0 Å². The normalized spacial score (nSPS) is 10.9. The molecule has 2 aromatic carbocycles. The maximum Gasteiger partial charge on any atom is 0.149 e. The van der Waals surface area contributed by atoms with Crippen molar-refractivity contribution in [2.75, 3.05) is 5.32 Å². The van der Waals surface area contributed by atoms with Gasteiger partial charge in [-0.1, -0.05) is 31.9 Å². The largest absolute Gasteiger partial charge is 0.344 e. The second-order valence-electron chi connectivity index (χ2n) is 3.62. The molecule has 0 saturated heterocycles. The van der Waals surface area contributed by atoms with Crippen molar-refractivity contribution in [2.45, 2.75) is 0 Å². The summed E-state index contributed by atoms with van der Waals surface area (Å²) in [6, 6.07) is 9.09. The number of benzene rings is 2. The van der Waals surface area contributed by atoms with E-state index in [4.69, 9.17) is 0 Å². The molecule has 2 aromatic rings. The predicted molar refractivity (Wildman–Crippen MR) is 80.0 cm³/mol. The number of aliphatic imine (C=N–C) groups is 1. The molecular formula is C13H8Br2F2N2. The van der Waals surface area contributed by atoms with E-state index in [1.807, 2.05) is 0 Å². The molecule has 0 bridgehead atoms. The van der Waals surface area contributed by atoms with Crippen LogP contribution in [0.25, 0.3) is 0 Å². The molecule has 1 N–H and O–H groups in total. The van der Waals surface area contributed by atoms with Gasteiger partial charge in [-0.2, -0.15) is 0 Å². The van der Waals surface area contributed by atoms with Crippen LogP contribution in [0.4, 0.5) is 20.2 Å². The van der Waals surface area contributed by atoms with Gasteiger partial charge in [-0.05, 0) is 36.4 Å². The molecule has 0 aliphatic rings. The van der Waals surface area contributed by atoms with E-state index < -0.39 is 11.6 Å². The van der Waals surface area contributed by atoms with E-state index in [-0.39, 0.29) is 11.4 Å². The Morgan fingerprint density at radius 1 is 0.947 bits per heavy atom. The quantitative estimate of drug-likeness (QED) is 0.561. The van der Waals surface area contributed by atoms with Gasteiger partial charge in [-0.15, -0.1) is 0 Å². The zero-order valence-corrected chi connectivity index (χ0v) is 12.7. The molecule has 2 nitrogen and oxygen atoms in total. The molecule has 0 radical (unpaired) electrons. The van der Waals surface area contributed by atoms with Crippen LogP contribution in [0.2, 0.25) is 0 Å². The van der Waals surface area contributed by atoms with Gasteiger partial charge in [0, 0.05) is 8.95 Å². The summed E-state index contributed by atoms with van der Waals surface area (Å²) in [5, 5.41) is 2.66. The van der Waals surface area contributed by atoms with Gasteiger partial charge in [0.2, 0.25) is 0 Å². The molecule has 19 heavy (non-hydrogen) atoms. The van der Waals surface area contributed by atoms with Gasteiger partial charge in [0.25, 0.3) is 0 Å². The van der Waals surface area contributed by atoms with E-state index in [1.54, 1.807) is 18.2 Å². The Morgan fingerprint density at radius 3 is 2.21 bits per heavy atom. The molecule has 6 heteroatoms. The lowest BCUT2D eigenvalue weighted by Gasteiger charge is -2.02. The highest BCUT2D eigenvalue weighted by Gasteiger charge is 2.02. The lowest BCUT2D eigenvalue weighted by atomic mass is 10.3. The van der Waals surface area contributed by atoms with Gasteiger partial charge in [-0.3, -0.25) is 0 Å². The Balaban J connectivity index is 2.11. The standard InChI is InChI=1S/C13H8Br2F2N2/c14-8-1-3-12(10(16)5-8)18-7-19-13-4-2-9(15)6-11(13)17/h1-7H,(H,18,19). The highest BCUT2D eigenvalue weighted by atomic mass is 79.9. The Morgan fingerprint density at radius 2 is 1.58 bits per heavy atom. The summed E-state index contributed by atoms with van der Waals surface area (Å²) in [4.78, 5) is 3.90. The van der Waals surface area contributed by atoms with Crippen molar-refractivity contribution in [3.63, 3.8) is 0 Å². The van der Waals surface area contributed by atoms with Gasteiger partial charge >= 0.3 is 0 Å². The van der Waals surface area contributed by atoms with Gasteiger partial charge in [-0.25, -0.2) is 13.8 Å². The zero-order valence-electron chi connectivity index (χ0n) is 9.50. The van der Waals surface area contributed by atoms with Crippen molar-refractivity contribution in [1.29, 1.82) is 0 Å². The van der Waals surface area contributed by atoms with Crippen molar-refractivity contribution in [2.24, 2.45) is 4.99 Å². The Hall–Kier alpha value is -1.27. The monoisotopic (exact) mass is 388 g/mol. The van der Waals surface area contributed by atoms with Crippen LogP contribution in [0.3, 0.4) is 0 Å². The van der Waals surface area contributed by atoms with Crippen LogP contribution in [-0.4, -0.2) is 6.34 Å². The van der Waals surface area contributed by atoms with E-state index in [1.165, 1.54) is 24.5 Å². The minimum atomic E-state index is -0.455. The SMILES string of the molecule is Fc1cc(Br)ccc1N=CNc1ccc(Br)cc1F. The predicted octanol–water partition coefficient (Wildman–Crippen LogP) is 5.26. The van der Waals surface area contributed by atoms with Crippen LogP contribution in [0.5, 0.6) is 0 Å². The molecule has 0 aliphatic carbocycles. The molecule has 0 aromatic heterocycles. The Bertz CT molecular complexity index is 630. The summed E-state index contributed by atoms with van der Waals surface area (Å²) < 4.78 is 28.2. The van der Waals surface area contributed by atoms with Crippen molar-refractivity contribution < 1.29 is 8.78 Å². The fourth-order valence-electron chi connectivity index (χ4n) is 1.36. The van der Waals surface area contributed by atoms with Crippen LogP contribution in [0, 0.1) is 11.6 Å². The highest BCUT2D eigenvalue weighted by molar-refractivity contribution is 9.10. The summed E-state index contributed by atoms with van der Waals surface area (Å²) in [6.07, 6.45) is 1.25. The maximum atomic E-state index is 13.5.